The van der Waals surface area contributed by atoms with Crippen molar-refractivity contribution in [1.29, 1.82) is 0 Å². The summed E-state index contributed by atoms with van der Waals surface area (Å²) < 4.78 is 22.2. The molecule has 0 unspecified atom stereocenters. The fourth-order valence-corrected chi connectivity index (χ4v) is 3.57. The topological polar surface area (TPSA) is 34.1 Å². The van der Waals surface area contributed by atoms with E-state index in [0.717, 1.165) is 6.42 Å². The second-order valence-electron chi connectivity index (χ2n) is 4.47. The Kier molecular flexibility index (Phi) is 2.03. The van der Waals surface area contributed by atoms with Crippen LogP contribution in [0.25, 0.3) is 0 Å². The van der Waals surface area contributed by atoms with Crippen LogP contribution in [0.1, 0.15) is 27.2 Å². The monoisotopic (exact) mass is 176 g/mol. The normalized spacial score (nSPS) is 30.6. The minimum atomic E-state index is -2.68. The molecule has 2 nitrogen and oxygen atoms in total. The van der Waals surface area contributed by atoms with Gasteiger partial charge in [-0.1, -0.05) is 20.8 Å². The molecule has 3 heteroatoms. The molecule has 1 aliphatic heterocycles. The van der Waals surface area contributed by atoms with Crippen LogP contribution in [-0.4, -0.2) is 19.9 Å². The summed E-state index contributed by atoms with van der Waals surface area (Å²) in [7, 11) is -2.68. The minimum Gasteiger partial charge on any atom is -0.229 e. The van der Waals surface area contributed by atoms with E-state index in [1.165, 1.54) is 0 Å². The van der Waals surface area contributed by atoms with Gasteiger partial charge in [-0.05, 0) is 17.8 Å². The summed E-state index contributed by atoms with van der Waals surface area (Å²) in [5.74, 6) is 1.17. The smallest absolute Gasteiger partial charge is 0.150 e. The number of hydrogen-bond acceptors (Lipinski definition) is 2. The van der Waals surface area contributed by atoms with E-state index >= 15 is 0 Å². The molecule has 66 valence electrons. The Morgan fingerprint density at radius 3 is 2.00 bits per heavy atom. The van der Waals surface area contributed by atoms with Crippen LogP contribution in [-0.2, 0) is 9.84 Å². The molecule has 0 aromatic heterocycles. The van der Waals surface area contributed by atoms with Gasteiger partial charge in [-0.25, -0.2) is 8.42 Å². The van der Waals surface area contributed by atoms with Crippen molar-refractivity contribution in [2.75, 3.05) is 11.5 Å². The van der Waals surface area contributed by atoms with Gasteiger partial charge in [-0.3, -0.25) is 0 Å². The molecule has 1 saturated heterocycles. The molecule has 11 heavy (non-hydrogen) atoms. The Morgan fingerprint density at radius 2 is 1.82 bits per heavy atom. The summed E-state index contributed by atoms with van der Waals surface area (Å²) in [6.45, 7) is 6.33. The van der Waals surface area contributed by atoms with Crippen molar-refractivity contribution in [3.63, 3.8) is 0 Å². The van der Waals surface area contributed by atoms with Crippen molar-refractivity contribution in [2.45, 2.75) is 27.2 Å². The minimum absolute atomic E-state index is 0.156. The fourth-order valence-electron chi connectivity index (χ4n) is 1.48. The summed E-state index contributed by atoms with van der Waals surface area (Å²) in [4.78, 5) is 0. The van der Waals surface area contributed by atoms with E-state index in [0.29, 0.717) is 17.4 Å². The first-order valence-corrected chi connectivity index (χ1v) is 5.84. The third kappa shape index (κ3) is 2.19. The van der Waals surface area contributed by atoms with Gasteiger partial charge in [-0.2, -0.15) is 0 Å². The SMILES string of the molecule is CC(C)(C)[C@@H]1CCS(=O)(=O)C1. The van der Waals surface area contributed by atoms with Crippen molar-refractivity contribution in [1.82, 2.24) is 0 Å². The van der Waals surface area contributed by atoms with E-state index in [1.807, 2.05) is 0 Å². The van der Waals surface area contributed by atoms with E-state index in [2.05, 4.69) is 20.8 Å². The van der Waals surface area contributed by atoms with Crippen molar-refractivity contribution < 1.29 is 8.42 Å². The molecule has 1 rings (SSSR count). The average Bonchev–Trinajstić information content (AvgIpc) is 2.07. The van der Waals surface area contributed by atoms with Crippen LogP contribution in [0.3, 0.4) is 0 Å². The lowest BCUT2D eigenvalue weighted by molar-refractivity contribution is 0.268. The first-order chi connectivity index (χ1) is 4.81. The van der Waals surface area contributed by atoms with Crippen LogP contribution >= 0.6 is 0 Å². The van der Waals surface area contributed by atoms with Gasteiger partial charge < -0.3 is 0 Å². The van der Waals surface area contributed by atoms with Crippen molar-refractivity contribution >= 4 is 9.84 Å². The van der Waals surface area contributed by atoms with Crippen LogP contribution in [0.4, 0.5) is 0 Å². The Morgan fingerprint density at radius 1 is 1.27 bits per heavy atom. The molecule has 0 radical (unpaired) electrons. The van der Waals surface area contributed by atoms with E-state index < -0.39 is 9.84 Å². The highest BCUT2D eigenvalue weighted by Crippen LogP contribution is 2.34. The molecule has 0 bridgehead atoms. The quantitative estimate of drug-likeness (QED) is 0.560. The van der Waals surface area contributed by atoms with Crippen LogP contribution in [0.2, 0.25) is 0 Å². The van der Waals surface area contributed by atoms with Gasteiger partial charge >= 0.3 is 0 Å². The first-order valence-electron chi connectivity index (χ1n) is 4.02. The summed E-state index contributed by atoms with van der Waals surface area (Å²) in [5.41, 5.74) is 0.156. The maximum absolute atomic E-state index is 11.1. The molecule has 1 heterocycles. The lowest BCUT2D eigenvalue weighted by Gasteiger charge is -2.25. The zero-order valence-corrected chi connectivity index (χ0v) is 8.24. The molecule has 0 aliphatic carbocycles. The van der Waals surface area contributed by atoms with Crippen LogP contribution in [0.15, 0.2) is 0 Å². The predicted molar refractivity (Wildman–Crippen MR) is 46.2 cm³/mol. The summed E-state index contributed by atoms with van der Waals surface area (Å²) in [6, 6.07) is 0. The van der Waals surface area contributed by atoms with Crippen molar-refractivity contribution in [3.05, 3.63) is 0 Å². The predicted octanol–water partition coefficient (Wildman–Crippen LogP) is 1.47. The van der Waals surface area contributed by atoms with Crippen LogP contribution in [0, 0.1) is 11.3 Å². The third-order valence-corrected chi connectivity index (χ3v) is 4.23. The highest BCUT2D eigenvalue weighted by Gasteiger charge is 2.35. The van der Waals surface area contributed by atoms with Gasteiger partial charge in [0.25, 0.3) is 0 Å². The second-order valence-corrected chi connectivity index (χ2v) is 6.69. The van der Waals surface area contributed by atoms with Gasteiger partial charge in [0.15, 0.2) is 9.84 Å². The molecule has 0 spiro atoms. The van der Waals surface area contributed by atoms with Crippen LogP contribution in [0.5, 0.6) is 0 Å². The molecule has 0 aromatic carbocycles. The number of rotatable bonds is 0. The number of sulfone groups is 1. The maximum Gasteiger partial charge on any atom is 0.150 e. The van der Waals surface area contributed by atoms with E-state index in [4.69, 9.17) is 0 Å². The summed E-state index contributed by atoms with van der Waals surface area (Å²) >= 11 is 0. The molecule has 0 amide bonds. The molecule has 0 aromatic rings. The Labute approximate surface area is 68.9 Å². The standard InChI is InChI=1S/C8H16O2S/c1-8(2,3)7-4-5-11(9,10)6-7/h7H,4-6H2,1-3H3/t7-/m1/s1. The zero-order valence-electron chi connectivity index (χ0n) is 7.42. The van der Waals surface area contributed by atoms with Crippen molar-refractivity contribution in [2.24, 2.45) is 11.3 Å². The molecule has 1 aliphatic rings. The molecule has 0 N–H and O–H groups in total. The van der Waals surface area contributed by atoms with E-state index in [1.54, 1.807) is 0 Å². The largest absolute Gasteiger partial charge is 0.229 e. The van der Waals surface area contributed by atoms with Gasteiger partial charge in [0.05, 0.1) is 11.5 Å². The fraction of sp³-hybridized carbons (Fsp3) is 1.00. The molecule has 1 atom stereocenters. The van der Waals surface area contributed by atoms with Gasteiger partial charge in [-0.15, -0.1) is 0 Å². The summed E-state index contributed by atoms with van der Waals surface area (Å²) in [6.07, 6.45) is 0.853. The Hall–Kier alpha value is -0.0500. The highest BCUT2D eigenvalue weighted by atomic mass is 32.2. The zero-order chi connectivity index (χ0) is 8.70. The summed E-state index contributed by atoms with van der Waals surface area (Å²) in [5, 5.41) is 0. The first kappa shape index (κ1) is 9.04. The third-order valence-electron chi connectivity index (χ3n) is 2.46. The van der Waals surface area contributed by atoms with Gasteiger partial charge in [0.1, 0.15) is 0 Å². The average molecular weight is 176 g/mol. The highest BCUT2D eigenvalue weighted by molar-refractivity contribution is 7.91. The molecular formula is C8H16O2S. The maximum atomic E-state index is 11.1. The van der Waals surface area contributed by atoms with E-state index in [9.17, 15) is 8.42 Å². The molecular weight excluding hydrogens is 160 g/mol. The van der Waals surface area contributed by atoms with Gasteiger partial charge in [0, 0.05) is 0 Å². The lowest BCUT2D eigenvalue weighted by Crippen LogP contribution is -2.21. The lowest BCUT2D eigenvalue weighted by atomic mass is 9.81. The Bertz CT molecular complexity index is 233. The molecule has 1 fully saturated rings. The van der Waals surface area contributed by atoms with Crippen LogP contribution < -0.4 is 0 Å². The van der Waals surface area contributed by atoms with E-state index in [-0.39, 0.29) is 5.41 Å². The van der Waals surface area contributed by atoms with Gasteiger partial charge in [0.2, 0.25) is 0 Å². The molecule has 0 saturated carbocycles. The second kappa shape index (κ2) is 2.47. The van der Waals surface area contributed by atoms with Crippen molar-refractivity contribution in [3.8, 4) is 0 Å². The Balaban J connectivity index is 2.70. The number of hydrogen-bond donors (Lipinski definition) is 0.